The van der Waals surface area contributed by atoms with Crippen molar-refractivity contribution in [3.8, 4) is 0 Å². The van der Waals surface area contributed by atoms with E-state index in [9.17, 15) is 13.6 Å². The molecule has 4 heteroatoms. The molecule has 12 heavy (non-hydrogen) atoms. The van der Waals surface area contributed by atoms with Crippen LogP contribution < -0.4 is 0 Å². The van der Waals surface area contributed by atoms with Gasteiger partial charge in [0.15, 0.2) is 0 Å². The molecule has 0 aromatic heterocycles. The third-order valence-corrected chi connectivity index (χ3v) is 1.60. The van der Waals surface area contributed by atoms with E-state index < -0.39 is 12.3 Å². The van der Waals surface area contributed by atoms with E-state index in [1.807, 2.05) is 13.8 Å². The largest absolute Gasteiger partial charge is 0.341 e. The quantitative estimate of drug-likeness (QED) is 0.644. The van der Waals surface area contributed by atoms with E-state index in [0.717, 1.165) is 11.3 Å². The minimum Gasteiger partial charge on any atom is -0.341 e. The lowest BCUT2D eigenvalue weighted by molar-refractivity contribution is -0.141. The van der Waals surface area contributed by atoms with Crippen molar-refractivity contribution in [1.29, 1.82) is 0 Å². The van der Waals surface area contributed by atoms with Crippen LogP contribution in [0.1, 0.15) is 20.3 Å². The molecule has 0 aromatic carbocycles. The molecule has 72 valence electrons. The first kappa shape index (κ1) is 11.3. The van der Waals surface area contributed by atoms with Crippen LogP contribution in [0.15, 0.2) is 0 Å². The molecule has 0 aliphatic heterocycles. The van der Waals surface area contributed by atoms with Crippen molar-refractivity contribution in [2.24, 2.45) is 5.92 Å². The average molecular weight is 179 g/mol. The van der Waals surface area contributed by atoms with Crippen molar-refractivity contribution in [2.45, 2.75) is 26.7 Å². The van der Waals surface area contributed by atoms with Gasteiger partial charge in [-0.1, -0.05) is 13.8 Å². The molecule has 0 radical (unpaired) electrons. The summed E-state index contributed by atoms with van der Waals surface area (Å²) in [4.78, 5) is 11.7. The summed E-state index contributed by atoms with van der Waals surface area (Å²) in [6.45, 7) is 4.38. The molecule has 0 N–H and O–H groups in total. The summed E-state index contributed by atoms with van der Waals surface area (Å²) in [6.07, 6.45) is -2.11. The molecule has 2 nitrogen and oxygen atoms in total. The Morgan fingerprint density at radius 3 is 2.25 bits per heavy atom. The zero-order valence-electron chi connectivity index (χ0n) is 7.68. The lowest BCUT2D eigenvalue weighted by Crippen LogP contribution is -2.33. The van der Waals surface area contributed by atoms with Crippen LogP contribution in [0.25, 0.3) is 0 Å². The Bertz CT molecular complexity index is 148. The topological polar surface area (TPSA) is 20.3 Å². The maximum Gasteiger partial charge on any atom is 0.315 e. The van der Waals surface area contributed by atoms with Crippen molar-refractivity contribution in [1.82, 2.24) is 4.90 Å². The predicted molar refractivity (Wildman–Crippen MR) is 43.1 cm³/mol. The lowest BCUT2D eigenvalue weighted by atomic mass is 10.1. The second kappa shape index (κ2) is 5.06. The van der Waals surface area contributed by atoms with Crippen LogP contribution >= 0.6 is 0 Å². The average Bonchev–Trinajstić information content (AvgIpc) is 1.98. The first-order valence-electron chi connectivity index (χ1n) is 3.98. The summed E-state index contributed by atoms with van der Waals surface area (Å²) in [5.74, 6) is -0.659. The van der Waals surface area contributed by atoms with Gasteiger partial charge in [-0.2, -0.15) is 8.78 Å². The molecule has 0 fully saturated rings. The Labute approximate surface area is 71.5 Å². The van der Waals surface area contributed by atoms with E-state index in [2.05, 4.69) is 0 Å². The van der Waals surface area contributed by atoms with Crippen LogP contribution in [0.5, 0.6) is 0 Å². The maximum absolute atomic E-state index is 11.8. The Balaban J connectivity index is 3.72. The van der Waals surface area contributed by atoms with Crippen LogP contribution in [0.2, 0.25) is 0 Å². The Kier molecular flexibility index (Phi) is 4.78. The predicted octanol–water partition coefficient (Wildman–Crippen LogP) is 1.76. The SMILES string of the molecule is CC(C)CCN(C)C(=O)C(F)F. The molecular formula is C8H15F2NO. The molecule has 0 bridgehead atoms. The maximum atomic E-state index is 11.8. The van der Waals surface area contributed by atoms with Gasteiger partial charge in [0.2, 0.25) is 0 Å². The van der Waals surface area contributed by atoms with Crippen molar-refractivity contribution >= 4 is 5.91 Å². The van der Waals surface area contributed by atoms with E-state index in [4.69, 9.17) is 0 Å². The fourth-order valence-corrected chi connectivity index (χ4v) is 0.729. The molecule has 0 aliphatic rings. The Morgan fingerprint density at radius 1 is 1.42 bits per heavy atom. The number of amides is 1. The molecule has 0 aliphatic carbocycles. The number of hydrogen-bond acceptors (Lipinski definition) is 1. The third-order valence-electron chi connectivity index (χ3n) is 1.60. The van der Waals surface area contributed by atoms with E-state index in [1.165, 1.54) is 7.05 Å². The van der Waals surface area contributed by atoms with Gasteiger partial charge in [-0.05, 0) is 12.3 Å². The standard InChI is InChI=1S/C8H15F2NO/c1-6(2)4-5-11(3)8(12)7(9)10/h6-7H,4-5H2,1-3H3. The van der Waals surface area contributed by atoms with Gasteiger partial charge in [-0.25, -0.2) is 0 Å². The highest BCUT2D eigenvalue weighted by molar-refractivity contribution is 5.78. The van der Waals surface area contributed by atoms with E-state index in [-0.39, 0.29) is 0 Å². The zero-order chi connectivity index (χ0) is 9.72. The second-order valence-corrected chi connectivity index (χ2v) is 3.24. The number of hydrogen-bond donors (Lipinski definition) is 0. The molecule has 0 aromatic rings. The monoisotopic (exact) mass is 179 g/mol. The van der Waals surface area contributed by atoms with Gasteiger partial charge in [0.25, 0.3) is 5.91 Å². The Hall–Kier alpha value is -0.670. The molecule has 0 heterocycles. The van der Waals surface area contributed by atoms with Gasteiger partial charge < -0.3 is 4.90 Å². The summed E-state index contributed by atoms with van der Waals surface area (Å²) in [5, 5.41) is 0. The summed E-state index contributed by atoms with van der Waals surface area (Å²) in [5.41, 5.74) is 0. The van der Waals surface area contributed by atoms with E-state index in [0.29, 0.717) is 12.5 Å². The van der Waals surface area contributed by atoms with Crippen molar-refractivity contribution in [3.63, 3.8) is 0 Å². The molecule has 0 rings (SSSR count). The van der Waals surface area contributed by atoms with Gasteiger partial charge in [0.1, 0.15) is 0 Å². The highest BCUT2D eigenvalue weighted by Crippen LogP contribution is 2.03. The number of nitrogens with zero attached hydrogens (tertiary/aromatic N) is 1. The minimum atomic E-state index is -2.87. The fraction of sp³-hybridized carbons (Fsp3) is 0.875. The smallest absolute Gasteiger partial charge is 0.315 e. The van der Waals surface area contributed by atoms with Crippen LogP contribution in [-0.4, -0.2) is 30.8 Å². The lowest BCUT2D eigenvalue weighted by Gasteiger charge is -2.17. The first-order chi connectivity index (χ1) is 5.45. The summed E-state index contributed by atoms with van der Waals surface area (Å²) in [6, 6.07) is 0. The van der Waals surface area contributed by atoms with Gasteiger partial charge in [0, 0.05) is 13.6 Å². The van der Waals surface area contributed by atoms with Crippen LogP contribution in [0, 0.1) is 5.92 Å². The van der Waals surface area contributed by atoms with Gasteiger partial charge >= 0.3 is 6.43 Å². The number of carbonyl (C=O) groups excluding carboxylic acids is 1. The fourth-order valence-electron chi connectivity index (χ4n) is 0.729. The molecule has 0 saturated heterocycles. The zero-order valence-corrected chi connectivity index (χ0v) is 7.68. The highest BCUT2D eigenvalue weighted by Gasteiger charge is 2.19. The molecule has 0 unspecified atom stereocenters. The van der Waals surface area contributed by atoms with Crippen molar-refractivity contribution in [3.05, 3.63) is 0 Å². The van der Waals surface area contributed by atoms with Crippen LogP contribution in [-0.2, 0) is 4.79 Å². The molecule has 0 saturated carbocycles. The second-order valence-electron chi connectivity index (χ2n) is 3.24. The van der Waals surface area contributed by atoms with E-state index >= 15 is 0 Å². The van der Waals surface area contributed by atoms with Gasteiger partial charge in [-0.15, -0.1) is 0 Å². The highest BCUT2D eigenvalue weighted by atomic mass is 19.3. The summed E-state index contributed by atoms with van der Waals surface area (Å²) in [7, 11) is 1.40. The number of alkyl halides is 2. The van der Waals surface area contributed by atoms with Crippen molar-refractivity contribution in [2.75, 3.05) is 13.6 Å². The number of carbonyl (C=O) groups is 1. The van der Waals surface area contributed by atoms with Crippen molar-refractivity contribution < 1.29 is 13.6 Å². The van der Waals surface area contributed by atoms with E-state index in [1.54, 1.807) is 0 Å². The van der Waals surface area contributed by atoms with Crippen LogP contribution in [0.4, 0.5) is 8.78 Å². The summed E-state index contributed by atoms with van der Waals surface area (Å²) < 4.78 is 23.6. The Morgan fingerprint density at radius 2 is 1.92 bits per heavy atom. The van der Waals surface area contributed by atoms with Gasteiger partial charge in [0.05, 0.1) is 0 Å². The van der Waals surface area contributed by atoms with Gasteiger partial charge in [-0.3, -0.25) is 4.79 Å². The first-order valence-corrected chi connectivity index (χ1v) is 3.98. The molecular weight excluding hydrogens is 164 g/mol. The number of halogens is 2. The third kappa shape index (κ3) is 4.26. The molecule has 0 spiro atoms. The minimum absolute atomic E-state index is 0.404. The molecule has 0 atom stereocenters. The normalized spacial score (nSPS) is 10.9. The summed E-state index contributed by atoms with van der Waals surface area (Å²) >= 11 is 0. The molecule has 1 amide bonds. The van der Waals surface area contributed by atoms with Crippen LogP contribution in [0.3, 0.4) is 0 Å². The number of rotatable bonds is 4.